The van der Waals surface area contributed by atoms with Gasteiger partial charge < -0.3 is 5.73 Å². The zero-order valence-electron chi connectivity index (χ0n) is 10.5. The molecular weight excluding hydrogens is 239 g/mol. The minimum absolute atomic E-state index is 0.167. The van der Waals surface area contributed by atoms with Crippen LogP contribution in [0.25, 0.3) is 0 Å². The Morgan fingerprint density at radius 3 is 2.28 bits per heavy atom. The molecule has 2 N–H and O–H groups in total. The summed E-state index contributed by atoms with van der Waals surface area (Å²) in [6.45, 7) is 1.97. The lowest BCUT2D eigenvalue weighted by Gasteiger charge is -2.39. The number of rotatable bonds is 2. The Labute approximate surface area is 105 Å². The van der Waals surface area contributed by atoms with Gasteiger partial charge in [0.2, 0.25) is 5.92 Å². The Kier molecular flexibility index (Phi) is 3.41. The molecule has 1 aliphatic rings. The molecule has 0 aliphatic heterocycles. The molecule has 1 aliphatic carbocycles. The van der Waals surface area contributed by atoms with Crippen LogP contribution in [0.3, 0.4) is 0 Å². The van der Waals surface area contributed by atoms with Crippen molar-refractivity contribution in [3.05, 3.63) is 35.1 Å². The predicted octanol–water partition coefficient (Wildman–Crippen LogP) is 3.54. The molecule has 0 radical (unpaired) electrons. The van der Waals surface area contributed by atoms with Gasteiger partial charge in [-0.25, -0.2) is 13.2 Å². The molecule has 2 rings (SSSR count). The summed E-state index contributed by atoms with van der Waals surface area (Å²) in [5.74, 6) is -2.89. The fourth-order valence-electron chi connectivity index (χ4n) is 2.63. The first-order chi connectivity index (χ1) is 8.38. The average Bonchev–Trinajstić information content (AvgIpc) is 2.34. The molecule has 100 valence electrons. The minimum Gasteiger partial charge on any atom is -0.330 e. The first-order valence-corrected chi connectivity index (χ1v) is 6.23. The van der Waals surface area contributed by atoms with Crippen molar-refractivity contribution in [1.29, 1.82) is 0 Å². The molecule has 0 aromatic heterocycles. The van der Waals surface area contributed by atoms with Gasteiger partial charge in [0.25, 0.3) is 0 Å². The van der Waals surface area contributed by atoms with Crippen LogP contribution in [-0.2, 0) is 5.41 Å². The van der Waals surface area contributed by atoms with Gasteiger partial charge in [0.1, 0.15) is 5.82 Å². The molecule has 0 saturated heterocycles. The first kappa shape index (κ1) is 13.4. The molecule has 4 heteroatoms. The van der Waals surface area contributed by atoms with Crippen LogP contribution in [0.1, 0.15) is 36.8 Å². The third kappa shape index (κ3) is 2.39. The van der Waals surface area contributed by atoms with Gasteiger partial charge in [-0.15, -0.1) is 0 Å². The molecule has 1 saturated carbocycles. The van der Waals surface area contributed by atoms with E-state index in [1.165, 1.54) is 6.07 Å². The van der Waals surface area contributed by atoms with Gasteiger partial charge in [-0.3, -0.25) is 0 Å². The molecule has 0 atom stereocenters. The van der Waals surface area contributed by atoms with Crippen LogP contribution in [0.5, 0.6) is 0 Å². The number of halogens is 3. The van der Waals surface area contributed by atoms with E-state index in [2.05, 4.69) is 0 Å². The van der Waals surface area contributed by atoms with Crippen LogP contribution in [0.2, 0.25) is 0 Å². The number of hydrogen-bond donors (Lipinski definition) is 1. The molecule has 1 aromatic carbocycles. The second-order valence-corrected chi connectivity index (χ2v) is 5.30. The summed E-state index contributed by atoms with van der Waals surface area (Å²) in [7, 11) is 0. The van der Waals surface area contributed by atoms with E-state index in [-0.39, 0.29) is 25.2 Å². The molecule has 0 spiro atoms. The van der Waals surface area contributed by atoms with Gasteiger partial charge in [0.15, 0.2) is 0 Å². The molecule has 18 heavy (non-hydrogen) atoms. The molecule has 1 nitrogen and oxygen atoms in total. The summed E-state index contributed by atoms with van der Waals surface area (Å²) in [5, 5.41) is 0. The highest BCUT2D eigenvalue weighted by Crippen LogP contribution is 2.45. The Balaban J connectivity index is 2.30. The summed E-state index contributed by atoms with van der Waals surface area (Å²) >= 11 is 0. The van der Waals surface area contributed by atoms with Crippen LogP contribution >= 0.6 is 0 Å². The normalized spacial score (nSPS) is 21.8. The Hall–Kier alpha value is -1.03. The number of hydrogen-bond acceptors (Lipinski definition) is 1. The van der Waals surface area contributed by atoms with Gasteiger partial charge in [-0.05, 0) is 37.0 Å². The average molecular weight is 257 g/mol. The number of alkyl halides is 2. The lowest BCUT2D eigenvalue weighted by Crippen LogP contribution is -2.42. The minimum atomic E-state index is -2.60. The van der Waals surface area contributed by atoms with E-state index in [9.17, 15) is 13.2 Å². The fraction of sp³-hybridized carbons (Fsp3) is 0.571. The van der Waals surface area contributed by atoms with Crippen LogP contribution in [0, 0.1) is 12.7 Å². The number of benzene rings is 1. The SMILES string of the molecule is Cc1ccc(C2(CN)CCC(F)(F)CC2)cc1F. The van der Waals surface area contributed by atoms with E-state index >= 15 is 0 Å². The lowest BCUT2D eigenvalue weighted by atomic mass is 9.68. The van der Waals surface area contributed by atoms with E-state index in [1.54, 1.807) is 13.0 Å². The summed E-state index contributed by atoms with van der Waals surface area (Å²) < 4.78 is 40.1. The van der Waals surface area contributed by atoms with Crippen LogP contribution in [0.15, 0.2) is 18.2 Å². The van der Waals surface area contributed by atoms with Crippen molar-refractivity contribution < 1.29 is 13.2 Å². The molecule has 0 heterocycles. The highest BCUT2D eigenvalue weighted by molar-refractivity contribution is 5.31. The molecule has 1 aromatic rings. The number of nitrogens with two attached hydrogens (primary N) is 1. The van der Waals surface area contributed by atoms with Gasteiger partial charge in [-0.2, -0.15) is 0 Å². The van der Waals surface area contributed by atoms with Gasteiger partial charge >= 0.3 is 0 Å². The van der Waals surface area contributed by atoms with E-state index in [0.29, 0.717) is 18.4 Å². The largest absolute Gasteiger partial charge is 0.330 e. The maximum Gasteiger partial charge on any atom is 0.248 e. The quantitative estimate of drug-likeness (QED) is 0.861. The topological polar surface area (TPSA) is 26.0 Å². The summed E-state index contributed by atoms with van der Waals surface area (Å²) in [4.78, 5) is 0. The smallest absolute Gasteiger partial charge is 0.248 e. The zero-order chi connectivity index (χ0) is 13.4. The van der Waals surface area contributed by atoms with E-state index in [1.807, 2.05) is 6.07 Å². The van der Waals surface area contributed by atoms with Crippen molar-refractivity contribution in [3.63, 3.8) is 0 Å². The summed E-state index contributed by atoms with van der Waals surface area (Å²) in [6, 6.07) is 4.95. The van der Waals surface area contributed by atoms with E-state index in [4.69, 9.17) is 5.73 Å². The van der Waals surface area contributed by atoms with E-state index in [0.717, 1.165) is 5.56 Å². The van der Waals surface area contributed by atoms with Crippen molar-refractivity contribution >= 4 is 0 Å². The first-order valence-electron chi connectivity index (χ1n) is 6.23. The maximum absolute atomic E-state index is 13.6. The third-order valence-electron chi connectivity index (χ3n) is 4.11. The van der Waals surface area contributed by atoms with Gasteiger partial charge in [-0.1, -0.05) is 12.1 Å². The Bertz CT molecular complexity index is 433. The standard InChI is InChI=1S/C14H18F3N/c1-10-2-3-11(8-12(10)15)13(9-18)4-6-14(16,17)7-5-13/h2-3,8H,4-7,9,18H2,1H3. The van der Waals surface area contributed by atoms with Crippen LogP contribution < -0.4 is 5.73 Å². The predicted molar refractivity (Wildman–Crippen MR) is 65.3 cm³/mol. The van der Waals surface area contributed by atoms with E-state index < -0.39 is 11.3 Å². The van der Waals surface area contributed by atoms with Crippen molar-refractivity contribution in [2.24, 2.45) is 5.73 Å². The highest BCUT2D eigenvalue weighted by atomic mass is 19.3. The maximum atomic E-state index is 13.6. The third-order valence-corrected chi connectivity index (χ3v) is 4.11. The molecule has 0 amide bonds. The zero-order valence-corrected chi connectivity index (χ0v) is 10.5. The molecule has 0 unspecified atom stereocenters. The van der Waals surface area contributed by atoms with Crippen LogP contribution in [-0.4, -0.2) is 12.5 Å². The Morgan fingerprint density at radius 1 is 1.17 bits per heavy atom. The summed E-state index contributed by atoms with van der Waals surface area (Å²) in [6.07, 6.45) is 0.303. The molecule has 0 bridgehead atoms. The van der Waals surface area contributed by atoms with Crippen molar-refractivity contribution in [2.75, 3.05) is 6.54 Å². The van der Waals surface area contributed by atoms with Crippen molar-refractivity contribution in [3.8, 4) is 0 Å². The summed E-state index contributed by atoms with van der Waals surface area (Å²) in [5.41, 5.74) is 6.61. The van der Waals surface area contributed by atoms with Gasteiger partial charge in [0, 0.05) is 24.8 Å². The Morgan fingerprint density at radius 2 is 1.78 bits per heavy atom. The second-order valence-electron chi connectivity index (χ2n) is 5.30. The molecule has 1 fully saturated rings. The lowest BCUT2D eigenvalue weighted by molar-refractivity contribution is -0.0509. The molecular formula is C14H18F3N. The van der Waals surface area contributed by atoms with Gasteiger partial charge in [0.05, 0.1) is 0 Å². The van der Waals surface area contributed by atoms with Crippen molar-refractivity contribution in [1.82, 2.24) is 0 Å². The fourth-order valence-corrected chi connectivity index (χ4v) is 2.63. The number of aryl methyl sites for hydroxylation is 1. The second kappa shape index (κ2) is 4.57. The van der Waals surface area contributed by atoms with Crippen molar-refractivity contribution in [2.45, 2.75) is 43.9 Å². The highest BCUT2D eigenvalue weighted by Gasteiger charge is 2.43. The monoisotopic (exact) mass is 257 g/mol. The van der Waals surface area contributed by atoms with Crippen LogP contribution in [0.4, 0.5) is 13.2 Å².